The van der Waals surface area contributed by atoms with Gasteiger partial charge in [-0.3, -0.25) is 9.59 Å². The number of amides is 1. The fourth-order valence-electron chi connectivity index (χ4n) is 11.4. The van der Waals surface area contributed by atoms with Gasteiger partial charge in [-0.25, -0.2) is 0 Å². The first-order chi connectivity index (χ1) is 41.7. The third-order valence-corrected chi connectivity index (χ3v) is 17.2. The molecule has 85 heavy (non-hydrogen) atoms. The van der Waals surface area contributed by atoms with Gasteiger partial charge in [0, 0.05) is 6.42 Å². The highest BCUT2D eigenvalue weighted by molar-refractivity contribution is 5.80. The summed E-state index contributed by atoms with van der Waals surface area (Å²) in [6.07, 6.45) is 67.2. The Morgan fingerprint density at radius 2 is 0.812 bits per heavy atom. The van der Waals surface area contributed by atoms with Crippen molar-refractivity contribution in [3.05, 3.63) is 48.6 Å². The highest BCUT2D eigenvalue weighted by atomic mass is 16.7. The van der Waals surface area contributed by atoms with Crippen molar-refractivity contribution >= 4 is 11.9 Å². The number of aliphatic hydroxyl groups is 5. The average Bonchev–Trinajstić information content (AvgIpc) is 3.19. The summed E-state index contributed by atoms with van der Waals surface area (Å²) in [6, 6.07) is -1.02. The Balaban J connectivity index is 2.58. The van der Waals surface area contributed by atoms with E-state index in [1.165, 1.54) is 238 Å². The van der Waals surface area contributed by atoms with Crippen LogP contribution < -0.4 is 5.32 Å². The van der Waals surface area contributed by atoms with Crippen molar-refractivity contribution in [1.82, 2.24) is 5.32 Å². The lowest BCUT2D eigenvalue weighted by atomic mass is 9.99. The minimum absolute atomic E-state index is 0.125. The summed E-state index contributed by atoms with van der Waals surface area (Å²) in [7, 11) is 0. The van der Waals surface area contributed by atoms with E-state index in [1.54, 1.807) is 6.08 Å². The summed E-state index contributed by atoms with van der Waals surface area (Å²) in [4.78, 5) is 26.7. The van der Waals surface area contributed by atoms with Gasteiger partial charge < -0.3 is 45.1 Å². The first-order valence-corrected chi connectivity index (χ1v) is 36.4. The third kappa shape index (κ3) is 49.1. The monoisotopic (exact) mass is 1200 g/mol. The Hall–Kier alpha value is -2.38. The average molecular weight is 1200 g/mol. The number of ether oxygens (including phenoxy) is 3. The van der Waals surface area contributed by atoms with E-state index < -0.39 is 67.4 Å². The topological polar surface area (TPSA) is 175 Å². The molecule has 1 amide bonds. The fraction of sp³-hybridized carbons (Fsp3) is 0.865. The maximum absolute atomic E-state index is 13.5. The Bertz CT molecular complexity index is 1570. The molecule has 498 valence electrons. The van der Waals surface area contributed by atoms with Crippen molar-refractivity contribution in [3.8, 4) is 0 Å². The molecule has 0 spiro atoms. The quantitative estimate of drug-likeness (QED) is 0.0195. The molecule has 0 aromatic rings. The minimum atomic E-state index is -1.61. The van der Waals surface area contributed by atoms with Gasteiger partial charge in [0.25, 0.3) is 0 Å². The number of hydrogen-bond donors (Lipinski definition) is 6. The normalized spacial score (nSPS) is 18.6. The van der Waals surface area contributed by atoms with E-state index in [9.17, 15) is 35.1 Å². The maximum Gasteiger partial charge on any atom is 0.306 e. The van der Waals surface area contributed by atoms with Crippen LogP contribution in [0.4, 0.5) is 0 Å². The molecule has 11 heteroatoms. The first-order valence-electron chi connectivity index (χ1n) is 36.4. The molecule has 1 aliphatic rings. The van der Waals surface area contributed by atoms with E-state index in [2.05, 4.69) is 62.5 Å². The molecule has 1 aliphatic heterocycles. The second kappa shape index (κ2) is 61.8. The van der Waals surface area contributed by atoms with Crippen molar-refractivity contribution < 1.29 is 49.3 Å². The third-order valence-electron chi connectivity index (χ3n) is 17.2. The summed E-state index contributed by atoms with van der Waals surface area (Å²) >= 11 is 0. The molecule has 0 aromatic heterocycles. The van der Waals surface area contributed by atoms with Crippen LogP contribution in [0.2, 0.25) is 0 Å². The molecule has 0 bridgehead atoms. The number of esters is 1. The largest absolute Gasteiger partial charge is 0.454 e. The highest BCUT2D eigenvalue weighted by Gasteiger charge is 2.47. The smallest absolute Gasteiger partial charge is 0.306 e. The van der Waals surface area contributed by atoms with Crippen LogP contribution in [0.5, 0.6) is 0 Å². The number of allylic oxidation sites excluding steroid dienone is 7. The standard InChI is InChI=1S/C74H137NO10/c1-4-7-10-13-16-19-22-25-27-29-31-33-35-36-38-40-43-46-49-52-55-58-61-67(78)73(82)75-65(66(77)60-57-54-51-48-45-42-24-21-18-15-12-9-6-3)64-83-74-72(71(81)70(80)68(63-76)84-74)85-69(79)62-59-56-53-50-47-44-41-39-37-34-32-30-28-26-23-20-17-14-11-8-5-2/h16,19,25-28,57,60,65-68,70-72,74,76-78,80-81H,4-15,17-18,20-24,29-56,58-59,61-64H2,1-3H3,(H,75,82)/b19-16-,27-25-,28-26+,60-57+. The molecule has 0 saturated carbocycles. The van der Waals surface area contributed by atoms with Crippen molar-refractivity contribution in [2.24, 2.45) is 0 Å². The SMILES string of the molecule is CCCCC/C=C\C/C=C\CCCCCCCCCCCCCCC(O)C(=O)NC(COC1OC(CO)C(O)C(O)C1OC(=O)CCCCCCCCCCCCC/C=C/CCCCCCCC)C(O)/C=C/CCCCCCCCCCCCC. The molecule has 1 rings (SSSR count). The van der Waals surface area contributed by atoms with E-state index >= 15 is 0 Å². The lowest BCUT2D eigenvalue weighted by Gasteiger charge is -2.41. The van der Waals surface area contributed by atoms with E-state index in [0.29, 0.717) is 19.3 Å². The minimum Gasteiger partial charge on any atom is -0.454 e. The Morgan fingerprint density at radius 3 is 1.24 bits per heavy atom. The molecule has 8 unspecified atom stereocenters. The predicted octanol–water partition coefficient (Wildman–Crippen LogP) is 18.7. The second-order valence-electron chi connectivity index (χ2n) is 25.3. The van der Waals surface area contributed by atoms with Crippen LogP contribution in [-0.4, -0.2) is 99.6 Å². The zero-order valence-corrected chi connectivity index (χ0v) is 55.5. The van der Waals surface area contributed by atoms with Gasteiger partial charge in [0.2, 0.25) is 5.91 Å². The molecule has 0 radical (unpaired) electrons. The van der Waals surface area contributed by atoms with Gasteiger partial charge in [-0.2, -0.15) is 0 Å². The van der Waals surface area contributed by atoms with E-state index in [1.807, 2.05) is 6.08 Å². The molecule has 1 saturated heterocycles. The molecular formula is C74H137NO10. The molecule has 8 atom stereocenters. The van der Waals surface area contributed by atoms with E-state index in [-0.39, 0.29) is 13.0 Å². The van der Waals surface area contributed by atoms with Crippen molar-refractivity contribution in [2.75, 3.05) is 13.2 Å². The molecule has 6 N–H and O–H groups in total. The van der Waals surface area contributed by atoms with Gasteiger partial charge in [0.15, 0.2) is 12.4 Å². The molecule has 0 aliphatic carbocycles. The maximum atomic E-state index is 13.5. The van der Waals surface area contributed by atoms with Crippen LogP contribution in [0.3, 0.4) is 0 Å². The van der Waals surface area contributed by atoms with Crippen LogP contribution in [0.1, 0.15) is 348 Å². The number of unbranched alkanes of at least 4 members (excludes halogenated alkanes) is 43. The number of carbonyl (C=O) groups excluding carboxylic acids is 2. The van der Waals surface area contributed by atoms with E-state index in [0.717, 1.165) is 64.2 Å². The van der Waals surface area contributed by atoms with Gasteiger partial charge in [0.05, 0.1) is 25.4 Å². The molecule has 0 aromatic carbocycles. The van der Waals surface area contributed by atoms with Gasteiger partial charge in [0.1, 0.15) is 24.4 Å². The first kappa shape index (κ1) is 80.6. The molecular weight excluding hydrogens is 1060 g/mol. The lowest BCUT2D eigenvalue weighted by molar-refractivity contribution is -0.305. The number of aliphatic hydroxyl groups excluding tert-OH is 5. The molecule has 1 heterocycles. The Kier molecular flexibility index (Phi) is 58.7. The van der Waals surface area contributed by atoms with Gasteiger partial charge in [-0.05, 0) is 83.5 Å². The summed E-state index contributed by atoms with van der Waals surface area (Å²) in [6.45, 7) is 5.81. The van der Waals surface area contributed by atoms with Crippen molar-refractivity contribution in [2.45, 2.75) is 397 Å². The summed E-state index contributed by atoms with van der Waals surface area (Å²) in [5.74, 6) is -1.18. The highest BCUT2D eigenvalue weighted by Crippen LogP contribution is 2.26. The zero-order valence-electron chi connectivity index (χ0n) is 55.5. The van der Waals surface area contributed by atoms with Crippen molar-refractivity contribution in [1.29, 1.82) is 0 Å². The van der Waals surface area contributed by atoms with Crippen LogP contribution in [0.15, 0.2) is 48.6 Å². The van der Waals surface area contributed by atoms with Gasteiger partial charge >= 0.3 is 5.97 Å². The number of nitrogens with one attached hydrogen (secondary N) is 1. The van der Waals surface area contributed by atoms with Crippen LogP contribution in [-0.2, 0) is 23.8 Å². The Morgan fingerprint density at radius 1 is 0.459 bits per heavy atom. The Labute approximate surface area is 523 Å². The lowest BCUT2D eigenvalue weighted by Crippen LogP contribution is -2.61. The predicted molar refractivity (Wildman–Crippen MR) is 357 cm³/mol. The molecule has 1 fully saturated rings. The number of hydrogen-bond acceptors (Lipinski definition) is 10. The summed E-state index contributed by atoms with van der Waals surface area (Å²) < 4.78 is 17.7. The second-order valence-corrected chi connectivity index (χ2v) is 25.3. The van der Waals surface area contributed by atoms with Gasteiger partial charge in [-0.1, -0.05) is 307 Å². The fourth-order valence-corrected chi connectivity index (χ4v) is 11.4. The summed E-state index contributed by atoms with van der Waals surface area (Å²) in [5, 5.41) is 57.3. The van der Waals surface area contributed by atoms with Crippen LogP contribution in [0, 0.1) is 0 Å². The van der Waals surface area contributed by atoms with Crippen LogP contribution in [0.25, 0.3) is 0 Å². The summed E-state index contributed by atoms with van der Waals surface area (Å²) in [5.41, 5.74) is 0. The zero-order chi connectivity index (χ0) is 61.7. The van der Waals surface area contributed by atoms with Gasteiger partial charge in [-0.15, -0.1) is 0 Å². The number of carbonyl (C=O) groups is 2. The van der Waals surface area contributed by atoms with E-state index in [4.69, 9.17) is 14.2 Å². The number of rotatable bonds is 63. The van der Waals surface area contributed by atoms with Crippen LogP contribution >= 0.6 is 0 Å². The van der Waals surface area contributed by atoms with Crippen molar-refractivity contribution in [3.63, 3.8) is 0 Å². The molecule has 11 nitrogen and oxygen atoms in total.